The summed E-state index contributed by atoms with van der Waals surface area (Å²) in [7, 11) is 1.12. The van der Waals surface area contributed by atoms with Gasteiger partial charge in [-0.05, 0) is 50.6 Å². The van der Waals surface area contributed by atoms with Crippen LogP contribution >= 0.6 is 34.9 Å². The quantitative estimate of drug-likeness (QED) is 0.0174. The number of carboxylic acid groups (broad SMARTS) is 1. The molecule has 304 valence electrons. The average Bonchev–Trinajstić information content (AvgIpc) is 3.81. The Bertz CT molecular complexity index is 2450. The number of benzene rings is 1. The van der Waals surface area contributed by atoms with Gasteiger partial charge in [0.2, 0.25) is 11.4 Å². The van der Waals surface area contributed by atoms with Crippen molar-refractivity contribution < 1.29 is 54.1 Å². The van der Waals surface area contributed by atoms with Gasteiger partial charge < -0.3 is 31.2 Å². The maximum absolute atomic E-state index is 13.7. The lowest BCUT2D eigenvalue weighted by molar-refractivity contribution is -0.150. The van der Waals surface area contributed by atoms with Crippen molar-refractivity contribution in [1.29, 1.82) is 0 Å². The van der Waals surface area contributed by atoms with Gasteiger partial charge in [-0.3, -0.25) is 44.9 Å². The number of nitrogen functional groups attached to an aromatic ring is 1. The molecule has 0 saturated carbocycles. The average molecular weight is 857 g/mol. The summed E-state index contributed by atoms with van der Waals surface area (Å²) in [5.74, 6) is -6.70. The van der Waals surface area contributed by atoms with Gasteiger partial charge in [0.1, 0.15) is 27.8 Å². The molecular formula is C32H32N12O11S3. The highest BCUT2D eigenvalue weighted by Crippen LogP contribution is 2.42. The molecule has 58 heavy (non-hydrogen) atoms. The van der Waals surface area contributed by atoms with Crippen LogP contribution in [0.4, 0.5) is 5.13 Å². The number of aryl methyl sites for hydroxylation is 1. The van der Waals surface area contributed by atoms with Crippen molar-refractivity contribution in [3.8, 4) is 11.5 Å². The Morgan fingerprint density at radius 2 is 1.86 bits per heavy atom. The summed E-state index contributed by atoms with van der Waals surface area (Å²) in [5.41, 5.74) is 8.25. The predicted octanol–water partition coefficient (Wildman–Crippen LogP) is -0.165. The van der Waals surface area contributed by atoms with Crippen LogP contribution in [0.15, 0.2) is 51.1 Å². The molecule has 0 unspecified atom stereocenters. The topological polar surface area (TPSA) is 329 Å². The number of anilines is 1. The molecule has 3 aromatic heterocycles. The number of aromatic hydroxyl groups is 2. The summed E-state index contributed by atoms with van der Waals surface area (Å²) in [6.45, 7) is 4.24. The van der Waals surface area contributed by atoms with Crippen LogP contribution in [-0.4, -0.2) is 132 Å². The third kappa shape index (κ3) is 8.29. The Balaban J connectivity index is 1.15. The maximum atomic E-state index is 13.7. The van der Waals surface area contributed by atoms with Crippen LogP contribution in [0.1, 0.15) is 46.2 Å². The Morgan fingerprint density at radius 3 is 2.52 bits per heavy atom. The first-order valence-electron chi connectivity index (χ1n) is 16.5. The van der Waals surface area contributed by atoms with Crippen molar-refractivity contribution in [3.63, 3.8) is 0 Å². The number of rotatable bonds is 12. The molecule has 9 N–H and O–H groups in total. The van der Waals surface area contributed by atoms with Gasteiger partial charge in [0.15, 0.2) is 22.3 Å². The summed E-state index contributed by atoms with van der Waals surface area (Å²) in [6.07, 6.45) is 0. The summed E-state index contributed by atoms with van der Waals surface area (Å²) < 4.78 is 1.28. The summed E-state index contributed by atoms with van der Waals surface area (Å²) in [4.78, 5) is 96.3. The summed E-state index contributed by atoms with van der Waals surface area (Å²) in [6, 6.07) is 3.71. The second kappa shape index (κ2) is 16.2. The van der Waals surface area contributed by atoms with Gasteiger partial charge in [0, 0.05) is 35.2 Å². The maximum Gasteiger partial charge on any atom is 0.352 e. The molecule has 0 aliphatic carbocycles. The van der Waals surface area contributed by atoms with Gasteiger partial charge in [-0.2, -0.15) is 9.50 Å². The van der Waals surface area contributed by atoms with Gasteiger partial charge in [0.25, 0.3) is 29.4 Å². The number of amides is 5. The fraction of sp³-hybridized carbons (Fsp3) is 0.281. The minimum atomic E-state index is -1.83. The molecule has 2 aliphatic heterocycles. The molecule has 0 bridgehead atoms. The number of hydrogen-bond donors (Lipinski definition) is 8. The van der Waals surface area contributed by atoms with Crippen molar-refractivity contribution >= 4 is 87.0 Å². The van der Waals surface area contributed by atoms with Crippen LogP contribution in [0.25, 0.3) is 5.78 Å². The standard InChI is InChI=1S/C32H32N12O11S3/c1-12-7-18(44-31(34-12)37-22(40-44)26(50)42(4)54)56-9-14-10-57-27-20(25(49)43(27)21(14)28(51)52)36-24(48)19(15-11-58-30(33)35-15)41-55-32(2,3)29(53)39-38-23(47)13-5-6-16(45)17(46)8-13/h5-8,11,20,27,45-46,54H,9-10H2,1-4H3,(H2,33,35)(H,36,48)(H,38,47)(H,39,53)(H,51,52)/b41-19-/t20-,27-/m1/s1. The van der Waals surface area contributed by atoms with E-state index < -0.39 is 69.7 Å². The first-order valence-corrected chi connectivity index (χ1v) is 19.4. The molecule has 1 saturated heterocycles. The number of carbonyl (C=O) groups excluding carboxylic acids is 5. The predicted molar refractivity (Wildman–Crippen MR) is 203 cm³/mol. The van der Waals surface area contributed by atoms with E-state index in [1.54, 1.807) is 13.0 Å². The second-order valence-electron chi connectivity index (χ2n) is 12.8. The zero-order chi connectivity index (χ0) is 42.2. The Labute approximate surface area is 338 Å². The highest BCUT2D eigenvalue weighted by atomic mass is 32.2. The van der Waals surface area contributed by atoms with E-state index in [1.807, 2.05) is 0 Å². The number of thioether (sulfide) groups is 2. The molecule has 2 aliphatic rings. The summed E-state index contributed by atoms with van der Waals surface area (Å²) in [5, 5.41) is 50.9. The highest BCUT2D eigenvalue weighted by Gasteiger charge is 2.54. The largest absolute Gasteiger partial charge is 0.504 e. The third-order valence-electron chi connectivity index (χ3n) is 8.24. The third-order valence-corrected chi connectivity index (χ3v) is 11.3. The molecule has 5 amide bonds. The lowest BCUT2D eigenvalue weighted by atomic mass is 10.0. The molecule has 0 radical (unpaired) electrons. The molecule has 5 heterocycles. The van der Waals surface area contributed by atoms with Crippen LogP contribution < -0.4 is 21.9 Å². The normalized spacial score (nSPS) is 16.7. The second-order valence-corrected chi connectivity index (χ2v) is 15.8. The minimum Gasteiger partial charge on any atom is -0.504 e. The number of nitrogens with one attached hydrogen (secondary N) is 3. The van der Waals surface area contributed by atoms with E-state index >= 15 is 0 Å². The number of hydrazine groups is 1. The van der Waals surface area contributed by atoms with Gasteiger partial charge >= 0.3 is 11.9 Å². The highest BCUT2D eigenvalue weighted by molar-refractivity contribution is 8.01. The molecule has 23 nitrogen and oxygen atoms in total. The van der Waals surface area contributed by atoms with Crippen LogP contribution in [0.3, 0.4) is 0 Å². The number of phenolic OH excluding ortho intramolecular Hbond substituents is 2. The van der Waals surface area contributed by atoms with Crippen molar-refractivity contribution in [1.82, 2.24) is 50.7 Å². The van der Waals surface area contributed by atoms with Crippen molar-refractivity contribution in [3.05, 3.63) is 63.7 Å². The van der Waals surface area contributed by atoms with E-state index in [0.717, 1.165) is 47.2 Å². The number of oxime groups is 1. The number of nitrogens with zero attached hydrogens (tertiary/aromatic N) is 8. The zero-order valence-electron chi connectivity index (χ0n) is 30.5. The molecule has 6 rings (SSSR count). The van der Waals surface area contributed by atoms with Gasteiger partial charge in [-0.15, -0.1) is 40.0 Å². The van der Waals surface area contributed by atoms with Crippen molar-refractivity contribution in [2.75, 3.05) is 24.3 Å². The number of aromatic nitrogens is 5. The smallest absolute Gasteiger partial charge is 0.352 e. The Hall–Kier alpha value is -6.51. The first kappa shape index (κ1) is 41.1. The molecule has 2 atom stereocenters. The van der Waals surface area contributed by atoms with Gasteiger partial charge in [0.05, 0.1) is 0 Å². The van der Waals surface area contributed by atoms with Crippen LogP contribution in [0.2, 0.25) is 0 Å². The minimum absolute atomic E-state index is 0.0593. The Kier molecular flexibility index (Phi) is 11.5. The van der Waals surface area contributed by atoms with Crippen LogP contribution in [-0.2, 0) is 24.0 Å². The van der Waals surface area contributed by atoms with E-state index in [9.17, 15) is 49.3 Å². The first-order chi connectivity index (χ1) is 27.4. The number of aliphatic carboxylic acids is 1. The number of carbonyl (C=O) groups is 6. The zero-order valence-corrected chi connectivity index (χ0v) is 32.9. The number of nitrogens with two attached hydrogens (primary N) is 1. The number of hydrogen-bond acceptors (Lipinski definition) is 19. The molecule has 0 spiro atoms. The molecule has 1 aromatic carbocycles. The number of β-lactam (4-membered cyclic amide) rings is 1. The van der Waals surface area contributed by atoms with Gasteiger partial charge in [-0.1, -0.05) is 5.16 Å². The molecule has 4 aromatic rings. The van der Waals surface area contributed by atoms with Crippen LogP contribution in [0.5, 0.6) is 11.5 Å². The van der Waals surface area contributed by atoms with Gasteiger partial charge in [-0.25, -0.2) is 19.8 Å². The van der Waals surface area contributed by atoms with Crippen molar-refractivity contribution in [2.24, 2.45) is 5.16 Å². The molecular weight excluding hydrogens is 825 g/mol. The van der Waals surface area contributed by atoms with Crippen LogP contribution in [0, 0.1) is 6.92 Å². The summed E-state index contributed by atoms with van der Waals surface area (Å²) >= 11 is 3.33. The fourth-order valence-corrected chi connectivity index (χ4v) is 8.34. The van der Waals surface area contributed by atoms with E-state index in [2.05, 4.69) is 41.4 Å². The van der Waals surface area contributed by atoms with E-state index in [-0.39, 0.29) is 45.2 Å². The SMILES string of the molecule is Cc1cc(SCC2=C(C(=O)O)N3C(=O)[C@@H](NC(=O)/C(=N\OC(C)(C)C(=O)NNC(=O)c4ccc(O)c(O)c4)c4csc(N)n4)[C@H]3SC2)n2nc(C(=O)N(C)O)nc2n1. The molecule has 1 fully saturated rings. The number of fused-ring (bicyclic) bond motifs is 2. The van der Waals surface area contributed by atoms with E-state index in [1.165, 1.54) is 41.6 Å². The number of hydroxylamine groups is 2. The lowest BCUT2D eigenvalue weighted by Gasteiger charge is -2.49. The number of phenols is 2. The van der Waals surface area contributed by atoms with E-state index in [0.29, 0.717) is 21.4 Å². The van der Waals surface area contributed by atoms with Crippen molar-refractivity contribution in [2.45, 2.75) is 42.8 Å². The number of thiazole rings is 1. The van der Waals surface area contributed by atoms with E-state index in [4.69, 9.17) is 10.6 Å². The Morgan fingerprint density at radius 1 is 1.12 bits per heavy atom. The monoisotopic (exact) mass is 856 g/mol. The lowest BCUT2D eigenvalue weighted by Crippen LogP contribution is -2.71. The molecule has 26 heteroatoms. The fourth-order valence-electron chi connectivity index (χ4n) is 5.26. The number of carboxylic acids is 1.